The molecule has 1 amide bonds. The lowest BCUT2D eigenvalue weighted by Crippen LogP contribution is -2.66. The van der Waals surface area contributed by atoms with Crippen LogP contribution < -0.4 is 5.32 Å². The summed E-state index contributed by atoms with van der Waals surface area (Å²) in [7, 11) is 0. The summed E-state index contributed by atoms with van der Waals surface area (Å²) in [6.07, 6.45) is 19.6. The van der Waals surface area contributed by atoms with E-state index in [0.29, 0.717) is 12.8 Å². The van der Waals surface area contributed by atoms with Crippen LogP contribution in [0.4, 0.5) is 0 Å². The predicted molar refractivity (Wildman–Crippen MR) is 295 cm³/mol. The molecule has 0 radical (unpaired) electrons. The Hall–Kier alpha value is -2.25. The Labute approximate surface area is 465 Å². The van der Waals surface area contributed by atoms with Crippen LogP contribution >= 0.6 is 0 Å². The second kappa shape index (κ2) is 42.6. The van der Waals surface area contributed by atoms with Crippen molar-refractivity contribution in [3.8, 4) is 0 Å². The fraction of sp³-hybridized carbons (Fsp3) is 0.847. The number of carbonyl (C=O) groups is 1. The molecule has 0 spiro atoms. The minimum atomic E-state index is -1.98. The van der Waals surface area contributed by atoms with Crippen LogP contribution in [0.15, 0.2) is 48.6 Å². The summed E-state index contributed by atoms with van der Waals surface area (Å²) in [4.78, 5) is 13.3. The van der Waals surface area contributed by atoms with Crippen LogP contribution in [-0.2, 0) is 33.2 Å². The number of unbranched alkanes of at least 4 members (excludes halogenated alkanes) is 21. The number of rotatable bonds is 43. The van der Waals surface area contributed by atoms with Gasteiger partial charge < -0.3 is 89.9 Å². The van der Waals surface area contributed by atoms with Crippen LogP contribution in [-0.4, -0.2) is 193 Å². The molecule has 3 rings (SSSR count). The van der Waals surface area contributed by atoms with Gasteiger partial charge in [0.05, 0.1) is 38.6 Å². The molecule has 3 fully saturated rings. The minimum Gasteiger partial charge on any atom is -0.394 e. The Morgan fingerprint density at radius 3 is 1.32 bits per heavy atom. The maximum absolute atomic E-state index is 13.3. The highest BCUT2D eigenvalue weighted by Gasteiger charge is 2.53. The number of amides is 1. The predicted octanol–water partition coefficient (Wildman–Crippen LogP) is 5.09. The van der Waals surface area contributed by atoms with Crippen LogP contribution in [0.5, 0.6) is 0 Å². The van der Waals surface area contributed by atoms with Crippen molar-refractivity contribution in [1.29, 1.82) is 0 Å². The van der Waals surface area contributed by atoms with Crippen molar-refractivity contribution in [2.75, 3.05) is 26.4 Å². The molecule has 454 valence electrons. The number of allylic oxidation sites excluding steroid dienone is 7. The summed E-state index contributed by atoms with van der Waals surface area (Å²) < 4.78 is 34.2. The molecule has 0 bridgehead atoms. The van der Waals surface area contributed by atoms with Gasteiger partial charge in [0.1, 0.15) is 73.2 Å². The van der Waals surface area contributed by atoms with Gasteiger partial charge in [0.15, 0.2) is 18.9 Å². The van der Waals surface area contributed by atoms with Gasteiger partial charge in [0.25, 0.3) is 0 Å². The van der Waals surface area contributed by atoms with E-state index in [4.69, 9.17) is 28.4 Å². The van der Waals surface area contributed by atoms with Crippen molar-refractivity contribution >= 4 is 5.91 Å². The summed E-state index contributed by atoms with van der Waals surface area (Å²) in [5, 5.41) is 120. The van der Waals surface area contributed by atoms with Gasteiger partial charge in [-0.15, -0.1) is 0 Å². The molecule has 3 saturated heterocycles. The van der Waals surface area contributed by atoms with Gasteiger partial charge in [-0.2, -0.15) is 0 Å². The van der Waals surface area contributed by atoms with Gasteiger partial charge in [-0.1, -0.05) is 165 Å². The molecule has 17 unspecified atom stereocenters. The SMILES string of the molecule is CCCC/C=C/CC/C=C/CC/C=C/C(O)C(COC1OC(CO)C(OC2OC(CO)C(OC3OC(CO)C(O)C(O)C3O)C(O)C2O)C(O)C1O)NC(=O)CCCCCCCCCCC/C=C\CCCCCCCCCC. The van der Waals surface area contributed by atoms with E-state index in [1.807, 2.05) is 6.08 Å². The fourth-order valence-electron chi connectivity index (χ4n) is 9.85. The molecule has 3 aliphatic rings. The Morgan fingerprint density at radius 1 is 0.449 bits per heavy atom. The molecular formula is C59H105NO18. The van der Waals surface area contributed by atoms with Gasteiger partial charge in [-0.25, -0.2) is 0 Å². The number of ether oxygens (including phenoxy) is 6. The lowest BCUT2D eigenvalue weighted by molar-refractivity contribution is -0.379. The summed E-state index contributed by atoms with van der Waals surface area (Å²) in [6.45, 7) is 1.63. The number of aliphatic hydroxyl groups excluding tert-OH is 11. The minimum absolute atomic E-state index is 0.229. The van der Waals surface area contributed by atoms with Crippen molar-refractivity contribution in [2.45, 2.75) is 291 Å². The van der Waals surface area contributed by atoms with E-state index in [-0.39, 0.29) is 18.9 Å². The average Bonchev–Trinajstić information content (AvgIpc) is 3.46. The van der Waals surface area contributed by atoms with Crippen LogP contribution in [0.25, 0.3) is 0 Å². The number of nitrogens with one attached hydrogen (secondary N) is 1. The lowest BCUT2D eigenvalue weighted by Gasteiger charge is -2.48. The van der Waals surface area contributed by atoms with Gasteiger partial charge in [-0.05, 0) is 64.2 Å². The first-order valence-corrected chi connectivity index (χ1v) is 29.9. The van der Waals surface area contributed by atoms with Crippen LogP contribution in [0.1, 0.15) is 187 Å². The zero-order valence-corrected chi connectivity index (χ0v) is 47.1. The maximum Gasteiger partial charge on any atom is 0.220 e. The molecule has 0 aliphatic carbocycles. The van der Waals surface area contributed by atoms with Crippen LogP contribution in [0.3, 0.4) is 0 Å². The molecule has 19 heteroatoms. The van der Waals surface area contributed by atoms with Gasteiger partial charge in [-0.3, -0.25) is 4.79 Å². The molecule has 3 aliphatic heterocycles. The summed E-state index contributed by atoms with van der Waals surface area (Å²) in [6, 6.07) is -0.996. The fourth-order valence-corrected chi connectivity index (χ4v) is 9.85. The van der Waals surface area contributed by atoms with Crippen LogP contribution in [0.2, 0.25) is 0 Å². The second-order valence-electron chi connectivity index (χ2n) is 21.4. The first-order chi connectivity index (χ1) is 37.8. The van der Waals surface area contributed by atoms with E-state index in [0.717, 1.165) is 57.8 Å². The quantitative estimate of drug-likeness (QED) is 0.0279. The zero-order chi connectivity index (χ0) is 56.9. The Balaban J connectivity index is 1.49. The van der Waals surface area contributed by atoms with E-state index in [1.54, 1.807) is 6.08 Å². The van der Waals surface area contributed by atoms with Crippen molar-refractivity contribution in [3.05, 3.63) is 48.6 Å². The number of hydrogen-bond donors (Lipinski definition) is 12. The van der Waals surface area contributed by atoms with E-state index in [2.05, 4.69) is 55.6 Å². The summed E-state index contributed by atoms with van der Waals surface area (Å²) in [5.41, 5.74) is 0. The highest BCUT2D eigenvalue weighted by atomic mass is 16.8. The van der Waals surface area contributed by atoms with Gasteiger partial charge >= 0.3 is 0 Å². The molecule has 17 atom stereocenters. The smallest absolute Gasteiger partial charge is 0.220 e. The molecule has 0 aromatic rings. The third-order valence-electron chi connectivity index (χ3n) is 14.8. The molecule has 3 heterocycles. The van der Waals surface area contributed by atoms with Crippen molar-refractivity contribution < 1.29 is 89.4 Å². The molecule has 0 aromatic carbocycles. The average molecular weight is 1120 g/mol. The normalized spacial score (nSPS) is 30.8. The Morgan fingerprint density at radius 2 is 0.833 bits per heavy atom. The zero-order valence-electron chi connectivity index (χ0n) is 47.1. The first kappa shape index (κ1) is 70.0. The summed E-state index contributed by atoms with van der Waals surface area (Å²) in [5.74, 6) is -0.295. The molecule has 0 saturated carbocycles. The van der Waals surface area contributed by atoms with E-state index < -0.39 is 124 Å². The molecule has 19 nitrogen and oxygen atoms in total. The van der Waals surface area contributed by atoms with Crippen LogP contribution in [0, 0.1) is 0 Å². The van der Waals surface area contributed by atoms with E-state index >= 15 is 0 Å². The third-order valence-corrected chi connectivity index (χ3v) is 14.8. The molecular weight excluding hydrogens is 1010 g/mol. The highest BCUT2D eigenvalue weighted by molar-refractivity contribution is 5.76. The lowest BCUT2D eigenvalue weighted by atomic mass is 9.96. The van der Waals surface area contributed by atoms with E-state index in [9.17, 15) is 61.0 Å². The van der Waals surface area contributed by atoms with Crippen molar-refractivity contribution in [3.63, 3.8) is 0 Å². The summed E-state index contributed by atoms with van der Waals surface area (Å²) >= 11 is 0. The first-order valence-electron chi connectivity index (χ1n) is 29.9. The number of aliphatic hydroxyl groups is 11. The third kappa shape index (κ3) is 26.3. The maximum atomic E-state index is 13.3. The van der Waals surface area contributed by atoms with Gasteiger partial charge in [0, 0.05) is 6.42 Å². The largest absolute Gasteiger partial charge is 0.394 e. The Kier molecular flexibility index (Phi) is 38.2. The van der Waals surface area contributed by atoms with E-state index in [1.165, 1.54) is 96.3 Å². The topological polar surface area (TPSA) is 307 Å². The monoisotopic (exact) mass is 1120 g/mol. The molecule has 0 aromatic heterocycles. The molecule has 78 heavy (non-hydrogen) atoms. The number of hydrogen-bond acceptors (Lipinski definition) is 18. The molecule has 12 N–H and O–H groups in total. The standard InChI is InChI=1S/C59H105NO18/c1-3-5-7-9-11-13-15-17-18-19-20-21-22-23-24-25-27-29-31-33-35-37-47(65)60-42(43(64)36-34-32-30-28-26-16-14-12-10-8-6-4-2)41-73-57-53(71)50(68)55(45(39-62)75-57)78-59-54(72)51(69)56(46(40-63)76-59)77-58-52(70)49(67)48(66)44(38-61)74-58/h10,12,19-20,26,28,34,36,42-46,48-59,61-64,66-72H,3-9,11,13-18,21-25,27,29-33,35,37-41H2,1-2H3,(H,60,65)/b12-10+,20-19-,28-26+,36-34+. The van der Waals surface area contributed by atoms with Crippen molar-refractivity contribution in [2.24, 2.45) is 0 Å². The van der Waals surface area contributed by atoms with Gasteiger partial charge in [0.2, 0.25) is 5.91 Å². The Bertz CT molecular complexity index is 1620. The van der Waals surface area contributed by atoms with Crippen molar-refractivity contribution in [1.82, 2.24) is 5.32 Å². The highest BCUT2D eigenvalue weighted by Crippen LogP contribution is 2.33. The number of carbonyl (C=O) groups excluding carboxylic acids is 1. The second-order valence-corrected chi connectivity index (χ2v) is 21.4.